The fraction of sp³-hybridized carbons (Fsp3) is 1.00. The van der Waals surface area contributed by atoms with Crippen molar-refractivity contribution in [2.24, 2.45) is 17.1 Å². The maximum absolute atomic E-state index is 5.59. The molecule has 0 aromatic heterocycles. The Morgan fingerprint density at radius 2 is 2.00 bits per heavy atom. The third-order valence-electron chi connectivity index (χ3n) is 3.49. The Morgan fingerprint density at radius 1 is 1.31 bits per heavy atom. The van der Waals surface area contributed by atoms with Crippen LogP contribution in [0.25, 0.3) is 0 Å². The fourth-order valence-electron chi connectivity index (χ4n) is 2.25. The largest absolute Gasteiger partial charge is 0.381 e. The zero-order valence-corrected chi connectivity index (χ0v) is 10.9. The molecule has 0 spiro atoms. The lowest BCUT2D eigenvalue weighted by atomic mass is 9.89. The first-order valence-electron chi connectivity index (χ1n) is 6.62. The molecular weight excluding hydrogens is 200 g/mol. The van der Waals surface area contributed by atoms with Crippen molar-refractivity contribution in [1.29, 1.82) is 0 Å². The molecule has 0 aromatic rings. The lowest BCUT2D eigenvalue weighted by Crippen LogP contribution is -2.32. The van der Waals surface area contributed by atoms with E-state index in [-0.39, 0.29) is 0 Å². The summed E-state index contributed by atoms with van der Waals surface area (Å²) in [6.45, 7) is 9.48. The number of ether oxygens (including phenoxy) is 1. The molecule has 0 unspecified atom stereocenters. The van der Waals surface area contributed by atoms with Crippen LogP contribution in [0.1, 0.15) is 39.5 Å². The predicted octanol–water partition coefficient (Wildman–Crippen LogP) is 1.77. The molecule has 1 heterocycles. The van der Waals surface area contributed by atoms with Crippen molar-refractivity contribution >= 4 is 0 Å². The summed E-state index contributed by atoms with van der Waals surface area (Å²) in [4.78, 5) is 0. The topological polar surface area (TPSA) is 47.3 Å². The van der Waals surface area contributed by atoms with Crippen molar-refractivity contribution in [3.8, 4) is 0 Å². The van der Waals surface area contributed by atoms with Gasteiger partial charge in [-0.1, -0.05) is 13.8 Å². The number of rotatable bonds is 7. The molecule has 0 radical (unpaired) electrons. The van der Waals surface area contributed by atoms with E-state index in [1.54, 1.807) is 0 Å². The Bertz CT molecular complexity index is 177. The first-order chi connectivity index (χ1) is 7.64. The van der Waals surface area contributed by atoms with Gasteiger partial charge in [-0.05, 0) is 50.1 Å². The highest BCUT2D eigenvalue weighted by Crippen LogP contribution is 2.19. The van der Waals surface area contributed by atoms with Crippen molar-refractivity contribution in [2.75, 3.05) is 32.8 Å². The Kier molecular flexibility index (Phi) is 6.32. The van der Waals surface area contributed by atoms with Gasteiger partial charge in [0.25, 0.3) is 0 Å². The zero-order valence-electron chi connectivity index (χ0n) is 10.9. The Morgan fingerprint density at radius 3 is 2.62 bits per heavy atom. The van der Waals surface area contributed by atoms with E-state index in [4.69, 9.17) is 10.5 Å². The normalized spacial score (nSPS) is 18.9. The number of hydrogen-bond acceptors (Lipinski definition) is 3. The molecule has 1 aliphatic heterocycles. The second-order valence-electron chi connectivity index (χ2n) is 5.72. The quantitative estimate of drug-likeness (QED) is 0.653. The van der Waals surface area contributed by atoms with Crippen molar-refractivity contribution in [3.63, 3.8) is 0 Å². The van der Waals surface area contributed by atoms with Crippen LogP contribution in [0.15, 0.2) is 0 Å². The Labute approximate surface area is 100 Å². The van der Waals surface area contributed by atoms with Gasteiger partial charge in [0.1, 0.15) is 0 Å². The summed E-state index contributed by atoms with van der Waals surface area (Å²) in [6, 6.07) is 0. The van der Waals surface area contributed by atoms with Crippen LogP contribution in [0.4, 0.5) is 0 Å². The number of nitrogens with two attached hydrogens (primary N) is 1. The van der Waals surface area contributed by atoms with E-state index in [9.17, 15) is 0 Å². The summed E-state index contributed by atoms with van der Waals surface area (Å²) in [5.74, 6) is 0.874. The summed E-state index contributed by atoms with van der Waals surface area (Å²) in [5.41, 5.74) is 5.93. The van der Waals surface area contributed by atoms with Gasteiger partial charge < -0.3 is 15.8 Å². The molecule has 3 nitrogen and oxygen atoms in total. The van der Waals surface area contributed by atoms with Gasteiger partial charge in [0.15, 0.2) is 0 Å². The molecule has 0 amide bonds. The van der Waals surface area contributed by atoms with Crippen molar-refractivity contribution in [2.45, 2.75) is 39.5 Å². The summed E-state index contributed by atoms with van der Waals surface area (Å²) in [5, 5.41) is 3.56. The monoisotopic (exact) mass is 228 g/mol. The smallest absolute Gasteiger partial charge is 0.0468 e. The molecule has 1 saturated heterocycles. The van der Waals surface area contributed by atoms with Gasteiger partial charge >= 0.3 is 0 Å². The van der Waals surface area contributed by atoms with Gasteiger partial charge in [-0.3, -0.25) is 0 Å². The average Bonchev–Trinajstić information content (AvgIpc) is 2.26. The van der Waals surface area contributed by atoms with E-state index in [0.717, 1.165) is 45.2 Å². The van der Waals surface area contributed by atoms with Gasteiger partial charge in [-0.25, -0.2) is 0 Å². The van der Waals surface area contributed by atoms with Gasteiger partial charge in [-0.2, -0.15) is 0 Å². The first-order valence-corrected chi connectivity index (χ1v) is 6.62. The van der Waals surface area contributed by atoms with Crippen LogP contribution in [0.3, 0.4) is 0 Å². The highest BCUT2D eigenvalue weighted by atomic mass is 16.5. The minimum absolute atomic E-state index is 0.338. The molecule has 0 saturated carbocycles. The van der Waals surface area contributed by atoms with Crippen LogP contribution in [0.5, 0.6) is 0 Å². The summed E-state index contributed by atoms with van der Waals surface area (Å²) < 4.78 is 5.36. The standard InChI is InChI=1S/C13H28N2O/c1-13(2,6-7-14)11-15-8-3-12-4-9-16-10-5-12/h12,15H,3-11,14H2,1-2H3. The molecule has 0 atom stereocenters. The van der Waals surface area contributed by atoms with E-state index in [1.807, 2.05) is 0 Å². The lowest BCUT2D eigenvalue weighted by Gasteiger charge is -2.26. The minimum atomic E-state index is 0.338. The van der Waals surface area contributed by atoms with Crippen LogP contribution >= 0.6 is 0 Å². The maximum atomic E-state index is 5.59. The molecule has 1 aliphatic rings. The van der Waals surface area contributed by atoms with Gasteiger partial charge in [0.2, 0.25) is 0 Å². The van der Waals surface area contributed by atoms with E-state index in [0.29, 0.717) is 5.41 Å². The minimum Gasteiger partial charge on any atom is -0.381 e. The van der Waals surface area contributed by atoms with Crippen LogP contribution in [0.2, 0.25) is 0 Å². The third kappa shape index (κ3) is 5.83. The molecule has 16 heavy (non-hydrogen) atoms. The fourth-order valence-corrected chi connectivity index (χ4v) is 2.25. The van der Waals surface area contributed by atoms with Crippen molar-refractivity contribution in [1.82, 2.24) is 5.32 Å². The molecule has 1 fully saturated rings. The van der Waals surface area contributed by atoms with Crippen LogP contribution in [-0.2, 0) is 4.74 Å². The molecular formula is C13H28N2O. The average molecular weight is 228 g/mol. The molecule has 0 aliphatic carbocycles. The molecule has 1 rings (SSSR count). The van der Waals surface area contributed by atoms with E-state index in [2.05, 4.69) is 19.2 Å². The summed E-state index contributed by atoms with van der Waals surface area (Å²) in [6.07, 6.45) is 4.88. The van der Waals surface area contributed by atoms with Crippen LogP contribution in [-0.4, -0.2) is 32.8 Å². The third-order valence-corrected chi connectivity index (χ3v) is 3.49. The van der Waals surface area contributed by atoms with Gasteiger partial charge in [-0.15, -0.1) is 0 Å². The van der Waals surface area contributed by atoms with E-state index >= 15 is 0 Å². The summed E-state index contributed by atoms with van der Waals surface area (Å²) >= 11 is 0. The van der Waals surface area contributed by atoms with E-state index in [1.165, 1.54) is 19.3 Å². The maximum Gasteiger partial charge on any atom is 0.0468 e. The van der Waals surface area contributed by atoms with Crippen molar-refractivity contribution in [3.05, 3.63) is 0 Å². The molecule has 0 aromatic carbocycles. The Hall–Kier alpha value is -0.120. The highest BCUT2D eigenvalue weighted by Gasteiger charge is 2.17. The van der Waals surface area contributed by atoms with Crippen molar-refractivity contribution < 1.29 is 4.74 Å². The second-order valence-corrected chi connectivity index (χ2v) is 5.72. The first kappa shape index (κ1) is 13.9. The molecule has 0 bridgehead atoms. The van der Waals surface area contributed by atoms with Gasteiger partial charge in [0, 0.05) is 19.8 Å². The van der Waals surface area contributed by atoms with E-state index < -0.39 is 0 Å². The highest BCUT2D eigenvalue weighted by molar-refractivity contribution is 4.72. The SMILES string of the molecule is CC(C)(CCN)CNCCC1CCOCC1. The molecule has 96 valence electrons. The van der Waals surface area contributed by atoms with Crippen LogP contribution < -0.4 is 11.1 Å². The molecule has 3 N–H and O–H groups in total. The summed E-state index contributed by atoms with van der Waals surface area (Å²) in [7, 11) is 0. The molecule has 3 heteroatoms. The predicted molar refractivity (Wildman–Crippen MR) is 68.5 cm³/mol. The van der Waals surface area contributed by atoms with Gasteiger partial charge in [0.05, 0.1) is 0 Å². The lowest BCUT2D eigenvalue weighted by molar-refractivity contribution is 0.0637. The number of hydrogen-bond donors (Lipinski definition) is 2. The van der Waals surface area contributed by atoms with Crippen LogP contribution in [0, 0.1) is 11.3 Å². The Balaban J connectivity index is 2.02. The second kappa shape index (κ2) is 7.25. The number of nitrogens with one attached hydrogen (secondary N) is 1. The zero-order chi connectivity index (χ0) is 11.9.